The molecule has 37 heavy (non-hydrogen) atoms. The molecule has 4 N–H and O–H groups in total. The van der Waals surface area contributed by atoms with Crippen molar-refractivity contribution >= 4 is 29.2 Å². The molecule has 3 heterocycles. The average Bonchev–Trinajstić information content (AvgIpc) is 3.55. The van der Waals surface area contributed by atoms with Crippen LogP contribution in [0.5, 0.6) is 0 Å². The van der Waals surface area contributed by atoms with E-state index in [1.54, 1.807) is 0 Å². The summed E-state index contributed by atoms with van der Waals surface area (Å²) in [6, 6.07) is 5.12. The standard InChI is InChI=1S/C19H30N4S.C6H8O7/c1-4-22-10-6-8-18(22)14-21(15-19-9-7-11-24-19)12-17-13-23(5-2)20-16(17)3;7-3(8)1-6(13,5(11)12)2-4(9)10/h7,9,11,13,18H,4-6,8,10,12,14-15H2,1-3H3;13H,1-2H2,(H,7,8)(H,9,10)(H,11,12). The molecule has 1 atom stereocenters. The number of likely N-dealkylation sites (N-methyl/N-ethyl adjacent to an activating group) is 1. The molecule has 2 aromatic heterocycles. The van der Waals surface area contributed by atoms with Crippen molar-refractivity contribution in [2.24, 2.45) is 0 Å². The Morgan fingerprint density at radius 2 is 1.81 bits per heavy atom. The molecule has 12 heteroatoms. The van der Waals surface area contributed by atoms with Gasteiger partial charge < -0.3 is 20.4 Å². The third-order valence-corrected chi connectivity index (χ3v) is 7.25. The summed E-state index contributed by atoms with van der Waals surface area (Å²) in [5.41, 5.74) is -0.196. The Bertz CT molecular complexity index is 1010. The summed E-state index contributed by atoms with van der Waals surface area (Å²) >= 11 is 1.86. The van der Waals surface area contributed by atoms with Crippen molar-refractivity contribution in [1.29, 1.82) is 0 Å². The van der Waals surface area contributed by atoms with Crippen LogP contribution in [0.1, 0.15) is 55.7 Å². The smallest absolute Gasteiger partial charge is 0.336 e. The molecule has 11 nitrogen and oxygen atoms in total. The van der Waals surface area contributed by atoms with Crippen molar-refractivity contribution in [1.82, 2.24) is 19.6 Å². The van der Waals surface area contributed by atoms with Crippen LogP contribution < -0.4 is 0 Å². The SMILES string of the molecule is CCN1CCCC1CN(Cc1cccs1)Cc1cn(CC)nc1C.O=C(O)CC(O)(CC(=O)O)C(=O)O. The van der Waals surface area contributed by atoms with Crippen LogP contribution in [0.3, 0.4) is 0 Å². The van der Waals surface area contributed by atoms with Gasteiger partial charge in [0.15, 0.2) is 5.60 Å². The number of carboxylic acids is 3. The first-order valence-electron chi connectivity index (χ1n) is 12.4. The Morgan fingerprint density at radius 3 is 2.30 bits per heavy atom. The van der Waals surface area contributed by atoms with Gasteiger partial charge in [0.25, 0.3) is 0 Å². The normalized spacial score (nSPS) is 16.0. The van der Waals surface area contributed by atoms with Gasteiger partial charge in [0.2, 0.25) is 0 Å². The summed E-state index contributed by atoms with van der Waals surface area (Å²) in [6.07, 6.45) is 2.62. The Balaban J connectivity index is 0.000000317. The van der Waals surface area contributed by atoms with E-state index in [9.17, 15) is 14.4 Å². The van der Waals surface area contributed by atoms with Gasteiger partial charge in [-0.05, 0) is 51.2 Å². The summed E-state index contributed by atoms with van der Waals surface area (Å²) < 4.78 is 2.06. The quantitative estimate of drug-likeness (QED) is 0.299. The molecule has 1 unspecified atom stereocenters. The average molecular weight is 539 g/mol. The zero-order chi connectivity index (χ0) is 27.6. The highest BCUT2D eigenvalue weighted by Gasteiger charge is 2.40. The fourth-order valence-corrected chi connectivity index (χ4v) is 5.20. The van der Waals surface area contributed by atoms with E-state index in [0.29, 0.717) is 6.04 Å². The van der Waals surface area contributed by atoms with Crippen molar-refractivity contribution in [3.63, 3.8) is 0 Å². The molecule has 3 rings (SSSR count). The van der Waals surface area contributed by atoms with Gasteiger partial charge in [0.1, 0.15) is 0 Å². The molecule has 0 bridgehead atoms. The van der Waals surface area contributed by atoms with Crippen LogP contribution in [0, 0.1) is 6.92 Å². The number of aliphatic carboxylic acids is 3. The summed E-state index contributed by atoms with van der Waals surface area (Å²) in [7, 11) is 0. The van der Waals surface area contributed by atoms with Gasteiger partial charge in [0.05, 0.1) is 18.5 Å². The van der Waals surface area contributed by atoms with Crippen LogP contribution >= 0.6 is 11.3 Å². The highest BCUT2D eigenvalue weighted by Crippen LogP contribution is 2.22. The molecule has 0 aliphatic carbocycles. The third-order valence-electron chi connectivity index (χ3n) is 6.39. The molecule has 0 spiro atoms. The van der Waals surface area contributed by atoms with E-state index in [0.717, 1.165) is 26.2 Å². The van der Waals surface area contributed by atoms with E-state index in [-0.39, 0.29) is 0 Å². The topological polar surface area (TPSA) is 156 Å². The van der Waals surface area contributed by atoms with Gasteiger partial charge in [-0.25, -0.2) is 4.79 Å². The number of nitrogens with zero attached hydrogens (tertiary/aromatic N) is 4. The molecule has 206 valence electrons. The molecule has 1 aliphatic heterocycles. The Hall–Kier alpha value is -2.80. The Morgan fingerprint density at radius 1 is 1.14 bits per heavy atom. The van der Waals surface area contributed by atoms with Crippen molar-refractivity contribution < 1.29 is 34.8 Å². The third kappa shape index (κ3) is 9.54. The van der Waals surface area contributed by atoms with Crippen LogP contribution in [0.2, 0.25) is 0 Å². The first-order valence-corrected chi connectivity index (χ1v) is 13.3. The predicted octanol–water partition coefficient (Wildman–Crippen LogP) is 2.51. The van der Waals surface area contributed by atoms with Gasteiger partial charge >= 0.3 is 17.9 Å². The fraction of sp³-hybridized carbons (Fsp3) is 0.600. The minimum atomic E-state index is -2.74. The molecule has 2 aromatic rings. The second-order valence-corrected chi connectivity index (χ2v) is 10.3. The minimum absolute atomic E-state index is 0.705. The number of carboxylic acid groups (broad SMARTS) is 3. The van der Waals surface area contributed by atoms with Crippen molar-refractivity contribution in [3.8, 4) is 0 Å². The molecular formula is C25H38N4O7S. The molecule has 0 amide bonds. The zero-order valence-electron chi connectivity index (χ0n) is 21.7. The minimum Gasteiger partial charge on any atom is -0.481 e. The van der Waals surface area contributed by atoms with Crippen LogP contribution in [0.4, 0.5) is 0 Å². The molecule has 0 saturated carbocycles. The monoisotopic (exact) mass is 538 g/mol. The van der Waals surface area contributed by atoms with E-state index in [2.05, 4.69) is 64.1 Å². The van der Waals surface area contributed by atoms with E-state index >= 15 is 0 Å². The van der Waals surface area contributed by atoms with Crippen molar-refractivity contribution in [2.75, 3.05) is 19.6 Å². The lowest BCUT2D eigenvalue weighted by Crippen LogP contribution is -2.42. The van der Waals surface area contributed by atoms with Crippen LogP contribution in [-0.4, -0.2) is 89.2 Å². The largest absolute Gasteiger partial charge is 0.481 e. The summed E-state index contributed by atoms with van der Waals surface area (Å²) in [6.45, 7) is 13.2. The van der Waals surface area contributed by atoms with Gasteiger partial charge in [-0.1, -0.05) is 13.0 Å². The van der Waals surface area contributed by atoms with Gasteiger partial charge in [-0.3, -0.25) is 24.1 Å². The summed E-state index contributed by atoms with van der Waals surface area (Å²) in [4.78, 5) is 37.2. The molecule has 0 radical (unpaired) electrons. The highest BCUT2D eigenvalue weighted by atomic mass is 32.1. The van der Waals surface area contributed by atoms with Crippen LogP contribution in [-0.2, 0) is 34.0 Å². The van der Waals surface area contributed by atoms with Crippen LogP contribution in [0.25, 0.3) is 0 Å². The van der Waals surface area contributed by atoms with Gasteiger partial charge in [-0.2, -0.15) is 5.10 Å². The number of aromatic nitrogens is 2. The summed E-state index contributed by atoms with van der Waals surface area (Å²) in [5, 5.41) is 40.6. The van der Waals surface area contributed by atoms with E-state index in [1.165, 1.54) is 42.1 Å². The summed E-state index contributed by atoms with van der Waals surface area (Å²) in [5.74, 6) is -5.02. The first-order chi connectivity index (χ1) is 17.5. The Kier molecular flexibility index (Phi) is 11.7. The van der Waals surface area contributed by atoms with Gasteiger partial charge in [0, 0.05) is 48.9 Å². The molecule has 0 aromatic carbocycles. The molecular weight excluding hydrogens is 500 g/mol. The molecule has 1 fully saturated rings. The number of hydrogen-bond acceptors (Lipinski definition) is 8. The number of hydrogen-bond donors (Lipinski definition) is 4. The van der Waals surface area contributed by atoms with Gasteiger partial charge in [-0.15, -0.1) is 11.3 Å². The maximum atomic E-state index is 10.3. The van der Waals surface area contributed by atoms with E-state index in [4.69, 9.17) is 20.4 Å². The van der Waals surface area contributed by atoms with Crippen molar-refractivity contribution in [2.45, 2.75) is 77.7 Å². The second kappa shape index (κ2) is 14.2. The molecule has 1 saturated heterocycles. The zero-order valence-corrected chi connectivity index (χ0v) is 22.5. The predicted molar refractivity (Wildman–Crippen MR) is 138 cm³/mol. The lowest BCUT2D eigenvalue weighted by atomic mass is 9.96. The fourth-order valence-electron chi connectivity index (χ4n) is 4.46. The van der Waals surface area contributed by atoms with Crippen molar-refractivity contribution in [3.05, 3.63) is 39.8 Å². The first kappa shape index (κ1) is 30.4. The number of likely N-dealkylation sites (tertiary alicyclic amines) is 1. The van der Waals surface area contributed by atoms with Crippen LogP contribution in [0.15, 0.2) is 23.7 Å². The van der Waals surface area contributed by atoms with E-state index in [1.807, 2.05) is 11.3 Å². The maximum Gasteiger partial charge on any atom is 0.336 e. The maximum absolute atomic E-state index is 10.3. The molecule has 1 aliphatic rings. The van der Waals surface area contributed by atoms with E-state index < -0.39 is 36.4 Å². The number of aryl methyl sites for hydroxylation is 2. The number of thiophene rings is 1. The number of carbonyl (C=O) groups is 3. The number of aliphatic hydroxyl groups is 1. The Labute approximate surface area is 220 Å². The number of rotatable bonds is 13. The highest BCUT2D eigenvalue weighted by molar-refractivity contribution is 7.09. The second-order valence-electron chi connectivity index (χ2n) is 9.25. The lowest BCUT2D eigenvalue weighted by molar-refractivity contribution is -0.170. The lowest BCUT2D eigenvalue weighted by Gasteiger charge is -2.30.